The van der Waals surface area contributed by atoms with Crippen LogP contribution in [0.1, 0.15) is 63.7 Å². The van der Waals surface area contributed by atoms with Crippen LogP contribution < -0.4 is 0 Å². The van der Waals surface area contributed by atoms with Gasteiger partial charge in [0.2, 0.25) is 0 Å². The number of ketones is 1. The zero-order chi connectivity index (χ0) is 12.7. The van der Waals surface area contributed by atoms with Gasteiger partial charge in [-0.15, -0.1) is 10.2 Å². The van der Waals surface area contributed by atoms with E-state index in [4.69, 9.17) is 0 Å². The highest BCUT2D eigenvalue weighted by molar-refractivity contribution is 8.00. The smallest absolute Gasteiger partial charge is 0.192 e. The van der Waals surface area contributed by atoms with Crippen molar-refractivity contribution in [2.75, 3.05) is 0 Å². The Morgan fingerprint density at radius 2 is 2.11 bits per heavy atom. The van der Waals surface area contributed by atoms with Gasteiger partial charge in [-0.25, -0.2) is 0 Å². The second kappa shape index (κ2) is 4.68. The first-order valence-electron chi connectivity index (χ1n) is 6.84. The molecule has 1 heterocycles. The molecule has 3 rings (SSSR count). The lowest BCUT2D eigenvalue weighted by atomic mass is 10.2. The number of aromatic nitrogens is 3. The highest BCUT2D eigenvalue weighted by atomic mass is 32.2. The summed E-state index contributed by atoms with van der Waals surface area (Å²) in [7, 11) is 0. The van der Waals surface area contributed by atoms with E-state index in [9.17, 15) is 4.79 Å². The van der Waals surface area contributed by atoms with Crippen molar-refractivity contribution in [3.8, 4) is 0 Å². The van der Waals surface area contributed by atoms with Crippen LogP contribution in [-0.2, 0) is 4.79 Å². The highest BCUT2D eigenvalue weighted by Gasteiger charge is 2.36. The van der Waals surface area contributed by atoms with Crippen LogP contribution in [-0.4, -0.2) is 25.8 Å². The molecule has 0 spiro atoms. The molecule has 98 valence electrons. The Labute approximate surface area is 112 Å². The molecule has 1 aromatic heterocycles. The van der Waals surface area contributed by atoms with Crippen molar-refractivity contribution in [2.24, 2.45) is 0 Å². The van der Waals surface area contributed by atoms with Gasteiger partial charge in [-0.1, -0.05) is 18.7 Å². The van der Waals surface area contributed by atoms with Crippen LogP contribution in [0.15, 0.2) is 5.16 Å². The number of rotatable bonds is 6. The Bertz CT molecular complexity index is 463. The van der Waals surface area contributed by atoms with Crippen LogP contribution in [0.5, 0.6) is 0 Å². The molecule has 1 aromatic rings. The van der Waals surface area contributed by atoms with E-state index in [2.05, 4.69) is 14.8 Å². The standard InChI is InChI=1S/C13H19N3OS/c1-3-11(17)8(2)18-13-15-14-12(9-4-5-9)16(13)10-6-7-10/h8-10H,3-7H2,1-2H3. The first-order valence-corrected chi connectivity index (χ1v) is 7.72. The zero-order valence-corrected chi connectivity index (χ0v) is 11.7. The summed E-state index contributed by atoms with van der Waals surface area (Å²) in [4.78, 5) is 11.7. The SMILES string of the molecule is CCC(=O)C(C)Sc1nnc(C2CC2)n1C1CC1. The largest absolute Gasteiger partial charge is 0.303 e. The minimum Gasteiger partial charge on any atom is -0.303 e. The molecule has 2 fully saturated rings. The van der Waals surface area contributed by atoms with Gasteiger partial charge in [0.25, 0.3) is 0 Å². The molecule has 0 radical (unpaired) electrons. The molecule has 2 saturated carbocycles. The van der Waals surface area contributed by atoms with Gasteiger partial charge in [0, 0.05) is 18.4 Å². The molecule has 1 unspecified atom stereocenters. The fraction of sp³-hybridized carbons (Fsp3) is 0.769. The Balaban J connectivity index is 1.80. The predicted octanol–water partition coefficient (Wildman–Crippen LogP) is 2.95. The molecule has 0 N–H and O–H groups in total. The fourth-order valence-corrected chi connectivity index (χ4v) is 3.23. The van der Waals surface area contributed by atoms with Crippen LogP contribution >= 0.6 is 11.8 Å². The van der Waals surface area contributed by atoms with E-state index in [1.165, 1.54) is 25.7 Å². The Morgan fingerprint density at radius 1 is 1.39 bits per heavy atom. The van der Waals surface area contributed by atoms with E-state index >= 15 is 0 Å². The maximum atomic E-state index is 11.7. The van der Waals surface area contributed by atoms with Gasteiger partial charge in [0.05, 0.1) is 5.25 Å². The Morgan fingerprint density at radius 3 is 2.67 bits per heavy atom. The number of hydrogen-bond acceptors (Lipinski definition) is 4. The van der Waals surface area contributed by atoms with Crippen molar-refractivity contribution in [1.29, 1.82) is 0 Å². The first-order chi connectivity index (χ1) is 8.70. The molecule has 0 aliphatic heterocycles. The van der Waals surface area contributed by atoms with Crippen molar-refractivity contribution in [1.82, 2.24) is 14.8 Å². The average molecular weight is 265 g/mol. The van der Waals surface area contributed by atoms with Crippen LogP contribution in [0, 0.1) is 0 Å². The van der Waals surface area contributed by atoms with Crippen molar-refractivity contribution in [3.05, 3.63) is 5.82 Å². The normalized spacial score (nSPS) is 21.0. The summed E-state index contributed by atoms with van der Waals surface area (Å²) < 4.78 is 2.31. The fourth-order valence-electron chi connectivity index (χ4n) is 2.18. The molecule has 0 saturated heterocycles. The number of nitrogens with zero attached hydrogens (tertiary/aromatic N) is 3. The number of Topliss-reactive ketones (excluding diaryl/α,β-unsaturated/α-hetero) is 1. The molecule has 2 aliphatic rings. The molecule has 0 aromatic carbocycles. The summed E-state index contributed by atoms with van der Waals surface area (Å²) in [6.07, 6.45) is 5.57. The number of carbonyl (C=O) groups excluding carboxylic acids is 1. The van der Waals surface area contributed by atoms with E-state index < -0.39 is 0 Å². The second-order valence-corrected chi connectivity index (χ2v) is 6.60. The number of hydrogen-bond donors (Lipinski definition) is 0. The van der Waals surface area contributed by atoms with Crippen LogP contribution in [0.2, 0.25) is 0 Å². The summed E-state index contributed by atoms with van der Waals surface area (Å²) in [5, 5.41) is 9.62. The van der Waals surface area contributed by atoms with Gasteiger partial charge in [-0.2, -0.15) is 0 Å². The average Bonchev–Trinajstić information content (AvgIpc) is 3.27. The lowest BCUT2D eigenvalue weighted by molar-refractivity contribution is -0.118. The van der Waals surface area contributed by atoms with Gasteiger partial charge >= 0.3 is 0 Å². The predicted molar refractivity (Wildman–Crippen MR) is 70.9 cm³/mol. The molecule has 18 heavy (non-hydrogen) atoms. The topological polar surface area (TPSA) is 47.8 Å². The maximum Gasteiger partial charge on any atom is 0.192 e. The Kier molecular flexibility index (Phi) is 3.18. The second-order valence-electron chi connectivity index (χ2n) is 5.30. The number of carbonyl (C=O) groups is 1. The molecule has 4 nitrogen and oxygen atoms in total. The van der Waals surface area contributed by atoms with Gasteiger partial charge in [0.15, 0.2) is 5.16 Å². The monoisotopic (exact) mass is 265 g/mol. The van der Waals surface area contributed by atoms with E-state index in [-0.39, 0.29) is 5.25 Å². The third-order valence-corrected chi connectivity index (χ3v) is 4.74. The van der Waals surface area contributed by atoms with Crippen molar-refractivity contribution >= 4 is 17.5 Å². The van der Waals surface area contributed by atoms with Crippen LogP contribution in [0.3, 0.4) is 0 Å². The lowest BCUT2D eigenvalue weighted by Crippen LogP contribution is -2.13. The van der Waals surface area contributed by atoms with E-state index in [1.54, 1.807) is 11.8 Å². The van der Waals surface area contributed by atoms with Gasteiger partial charge in [-0.05, 0) is 32.6 Å². The first kappa shape index (κ1) is 12.2. The summed E-state index contributed by atoms with van der Waals surface area (Å²) in [6.45, 7) is 3.89. The minimum absolute atomic E-state index is 0.0104. The van der Waals surface area contributed by atoms with Gasteiger partial charge in [0.1, 0.15) is 11.6 Å². The molecule has 1 atom stereocenters. The lowest BCUT2D eigenvalue weighted by Gasteiger charge is -2.11. The van der Waals surface area contributed by atoms with Crippen LogP contribution in [0.25, 0.3) is 0 Å². The summed E-state index contributed by atoms with van der Waals surface area (Å²) >= 11 is 1.58. The Hall–Kier alpha value is -0.840. The summed E-state index contributed by atoms with van der Waals surface area (Å²) in [5.74, 6) is 2.08. The molecule has 0 bridgehead atoms. The minimum atomic E-state index is -0.0104. The van der Waals surface area contributed by atoms with Gasteiger partial charge < -0.3 is 4.57 Å². The molecular weight excluding hydrogens is 246 g/mol. The van der Waals surface area contributed by atoms with E-state index in [0.29, 0.717) is 24.2 Å². The van der Waals surface area contributed by atoms with Crippen LogP contribution in [0.4, 0.5) is 0 Å². The van der Waals surface area contributed by atoms with Gasteiger partial charge in [-0.3, -0.25) is 4.79 Å². The quantitative estimate of drug-likeness (QED) is 0.742. The summed E-state index contributed by atoms with van der Waals surface area (Å²) in [6, 6.07) is 0.599. The zero-order valence-electron chi connectivity index (χ0n) is 10.9. The highest BCUT2D eigenvalue weighted by Crippen LogP contribution is 2.46. The molecule has 2 aliphatic carbocycles. The van der Waals surface area contributed by atoms with Crippen molar-refractivity contribution in [2.45, 2.75) is 68.3 Å². The van der Waals surface area contributed by atoms with Crippen molar-refractivity contribution < 1.29 is 4.79 Å². The molecular formula is C13H19N3OS. The molecule has 5 heteroatoms. The number of thioether (sulfide) groups is 1. The molecule has 0 amide bonds. The third kappa shape index (κ3) is 2.32. The van der Waals surface area contributed by atoms with Crippen molar-refractivity contribution in [3.63, 3.8) is 0 Å². The third-order valence-electron chi connectivity index (χ3n) is 3.63. The summed E-state index contributed by atoms with van der Waals surface area (Å²) in [5.41, 5.74) is 0. The van der Waals surface area contributed by atoms with E-state index in [0.717, 1.165) is 11.0 Å². The maximum absolute atomic E-state index is 11.7. The van der Waals surface area contributed by atoms with E-state index in [1.807, 2.05) is 13.8 Å².